The molecule has 0 spiro atoms. The van der Waals surface area contributed by atoms with Gasteiger partial charge in [-0.2, -0.15) is 10.2 Å². The van der Waals surface area contributed by atoms with Crippen LogP contribution in [0.2, 0.25) is 13.6 Å². The molecule has 0 aliphatic heterocycles. The molecule has 0 unspecified atom stereocenters. The van der Waals surface area contributed by atoms with E-state index in [0.29, 0.717) is 6.71 Å². The van der Waals surface area contributed by atoms with Gasteiger partial charge in [0.1, 0.15) is 6.71 Å². The summed E-state index contributed by atoms with van der Waals surface area (Å²) in [5.41, 5.74) is 2.48. The van der Waals surface area contributed by atoms with Crippen LogP contribution in [0.4, 0.5) is 0 Å². The highest BCUT2D eigenvalue weighted by Crippen LogP contribution is 2.18. The van der Waals surface area contributed by atoms with Crippen LogP contribution in [0.25, 0.3) is 0 Å². The molecule has 0 atom stereocenters. The summed E-state index contributed by atoms with van der Waals surface area (Å²) in [5, 5.41) is 8.52. The topological polar surface area (TPSA) is 25.8 Å². The third-order valence-electron chi connectivity index (χ3n) is 2.10. The third kappa shape index (κ3) is 4.96. The SMILES string of the molecule is CB(C)Cc1ccc(CC(C)(C)C)nn1. The van der Waals surface area contributed by atoms with Crippen molar-refractivity contribution in [2.24, 2.45) is 5.41 Å². The fourth-order valence-corrected chi connectivity index (χ4v) is 1.55. The van der Waals surface area contributed by atoms with Gasteiger partial charge in [-0.1, -0.05) is 34.4 Å². The van der Waals surface area contributed by atoms with Gasteiger partial charge >= 0.3 is 0 Å². The predicted octanol–water partition coefficient (Wildman–Crippen LogP) is 2.90. The van der Waals surface area contributed by atoms with Gasteiger partial charge in [-0.15, -0.1) is 0 Å². The number of nitrogens with zero attached hydrogens (tertiary/aromatic N) is 2. The Morgan fingerprint density at radius 2 is 1.60 bits per heavy atom. The van der Waals surface area contributed by atoms with Gasteiger partial charge < -0.3 is 0 Å². The van der Waals surface area contributed by atoms with Gasteiger partial charge in [-0.25, -0.2) is 0 Å². The van der Waals surface area contributed by atoms with Crippen molar-refractivity contribution in [3.8, 4) is 0 Å². The fraction of sp³-hybridized carbons (Fsp3) is 0.667. The molecule has 15 heavy (non-hydrogen) atoms. The van der Waals surface area contributed by atoms with E-state index < -0.39 is 0 Å². The van der Waals surface area contributed by atoms with Gasteiger partial charge in [0.15, 0.2) is 0 Å². The Kier molecular flexibility index (Phi) is 3.89. The van der Waals surface area contributed by atoms with Crippen LogP contribution >= 0.6 is 0 Å². The molecule has 0 amide bonds. The first-order chi connectivity index (χ1) is 6.87. The zero-order valence-electron chi connectivity index (χ0n) is 10.5. The van der Waals surface area contributed by atoms with Gasteiger partial charge in [0, 0.05) is 0 Å². The molecular weight excluding hydrogens is 183 g/mol. The van der Waals surface area contributed by atoms with E-state index in [0.717, 1.165) is 24.1 Å². The molecule has 2 nitrogen and oxygen atoms in total. The lowest BCUT2D eigenvalue weighted by Gasteiger charge is -2.16. The zero-order chi connectivity index (χ0) is 11.5. The second kappa shape index (κ2) is 4.78. The van der Waals surface area contributed by atoms with E-state index >= 15 is 0 Å². The van der Waals surface area contributed by atoms with Crippen molar-refractivity contribution in [2.75, 3.05) is 0 Å². The van der Waals surface area contributed by atoms with Crippen LogP contribution in [0.5, 0.6) is 0 Å². The van der Waals surface area contributed by atoms with E-state index in [4.69, 9.17) is 0 Å². The standard InChI is InChI=1S/C12H21BN2/c1-12(2,3)8-10-6-7-11(15-14-10)9-13(4)5/h6-7H,8-9H2,1-5H3. The largest absolute Gasteiger partial charge is 0.156 e. The smallest absolute Gasteiger partial charge is 0.140 e. The first kappa shape index (κ1) is 12.2. The molecule has 0 bridgehead atoms. The highest BCUT2D eigenvalue weighted by atomic mass is 15.1. The lowest BCUT2D eigenvalue weighted by Crippen LogP contribution is -2.13. The van der Waals surface area contributed by atoms with Crippen molar-refractivity contribution >= 4 is 6.71 Å². The van der Waals surface area contributed by atoms with E-state index in [2.05, 4.69) is 56.7 Å². The average molecular weight is 204 g/mol. The minimum absolute atomic E-state index is 0.286. The number of rotatable bonds is 3. The Morgan fingerprint density at radius 1 is 1.07 bits per heavy atom. The fourth-order valence-electron chi connectivity index (χ4n) is 1.55. The van der Waals surface area contributed by atoms with E-state index in [9.17, 15) is 0 Å². The molecular formula is C12H21BN2. The molecule has 0 saturated carbocycles. The molecule has 0 aliphatic rings. The van der Waals surface area contributed by atoms with Crippen molar-refractivity contribution in [2.45, 2.75) is 47.2 Å². The Hall–Kier alpha value is -0.855. The van der Waals surface area contributed by atoms with Gasteiger partial charge in [0.05, 0.1) is 11.4 Å². The summed E-state index contributed by atoms with van der Waals surface area (Å²) >= 11 is 0. The van der Waals surface area contributed by atoms with Crippen LogP contribution in [0.3, 0.4) is 0 Å². The van der Waals surface area contributed by atoms with Crippen molar-refractivity contribution in [1.29, 1.82) is 0 Å². The van der Waals surface area contributed by atoms with Gasteiger partial charge in [0.2, 0.25) is 0 Å². The lowest BCUT2D eigenvalue weighted by atomic mass is 9.51. The third-order valence-corrected chi connectivity index (χ3v) is 2.10. The lowest BCUT2D eigenvalue weighted by molar-refractivity contribution is 0.404. The zero-order valence-corrected chi connectivity index (χ0v) is 10.5. The molecule has 0 radical (unpaired) electrons. The van der Waals surface area contributed by atoms with E-state index in [1.54, 1.807) is 0 Å². The molecule has 82 valence electrons. The molecule has 1 heterocycles. The second-order valence-corrected chi connectivity index (χ2v) is 5.85. The van der Waals surface area contributed by atoms with Crippen molar-refractivity contribution in [1.82, 2.24) is 10.2 Å². The Bertz CT molecular complexity index is 298. The summed E-state index contributed by atoms with van der Waals surface area (Å²) in [4.78, 5) is 0. The van der Waals surface area contributed by atoms with E-state index in [1.807, 2.05) is 0 Å². The van der Waals surface area contributed by atoms with E-state index in [1.165, 1.54) is 0 Å². The van der Waals surface area contributed by atoms with Crippen molar-refractivity contribution < 1.29 is 0 Å². The number of aromatic nitrogens is 2. The Labute approximate surface area is 93.6 Å². The summed E-state index contributed by atoms with van der Waals surface area (Å²) in [7, 11) is 0. The number of hydrogen-bond donors (Lipinski definition) is 0. The second-order valence-electron chi connectivity index (χ2n) is 5.85. The van der Waals surface area contributed by atoms with Crippen LogP contribution in [0.15, 0.2) is 12.1 Å². The van der Waals surface area contributed by atoms with Crippen LogP contribution < -0.4 is 0 Å². The molecule has 0 N–H and O–H groups in total. The van der Waals surface area contributed by atoms with Gasteiger partial charge in [-0.3, -0.25) is 0 Å². The highest BCUT2D eigenvalue weighted by molar-refractivity contribution is 6.55. The summed E-state index contributed by atoms with van der Waals surface area (Å²) < 4.78 is 0. The minimum Gasteiger partial charge on any atom is -0.156 e. The summed E-state index contributed by atoms with van der Waals surface area (Å²) in [6.45, 7) is 11.7. The first-order valence-corrected chi connectivity index (χ1v) is 5.68. The molecule has 3 heteroatoms. The average Bonchev–Trinajstić information content (AvgIpc) is 2.05. The Balaban J connectivity index is 2.64. The predicted molar refractivity (Wildman–Crippen MR) is 66.4 cm³/mol. The quantitative estimate of drug-likeness (QED) is 0.707. The van der Waals surface area contributed by atoms with Crippen LogP contribution in [-0.4, -0.2) is 16.9 Å². The van der Waals surface area contributed by atoms with Crippen LogP contribution in [0, 0.1) is 5.41 Å². The Morgan fingerprint density at radius 3 is 2.00 bits per heavy atom. The normalized spacial score (nSPS) is 11.5. The van der Waals surface area contributed by atoms with Crippen molar-refractivity contribution in [3.63, 3.8) is 0 Å². The molecule has 1 aromatic heterocycles. The minimum atomic E-state index is 0.286. The summed E-state index contributed by atoms with van der Waals surface area (Å²) in [6, 6.07) is 4.21. The van der Waals surface area contributed by atoms with Crippen LogP contribution in [0.1, 0.15) is 32.2 Å². The number of hydrogen-bond acceptors (Lipinski definition) is 2. The maximum atomic E-state index is 4.27. The molecule has 0 fully saturated rings. The highest BCUT2D eigenvalue weighted by Gasteiger charge is 2.12. The van der Waals surface area contributed by atoms with E-state index in [-0.39, 0.29) is 5.41 Å². The van der Waals surface area contributed by atoms with Gasteiger partial charge in [-0.05, 0) is 30.3 Å². The molecule has 0 aromatic carbocycles. The molecule has 1 aromatic rings. The summed E-state index contributed by atoms with van der Waals surface area (Å²) in [5.74, 6) is 0. The maximum Gasteiger partial charge on any atom is 0.140 e. The summed E-state index contributed by atoms with van der Waals surface area (Å²) in [6.07, 6.45) is 2.00. The molecule has 1 rings (SSSR count). The molecule has 0 aliphatic carbocycles. The van der Waals surface area contributed by atoms with Crippen molar-refractivity contribution in [3.05, 3.63) is 23.5 Å². The monoisotopic (exact) mass is 204 g/mol. The van der Waals surface area contributed by atoms with Gasteiger partial charge in [0.25, 0.3) is 0 Å². The maximum absolute atomic E-state index is 4.27. The molecule has 0 saturated heterocycles. The van der Waals surface area contributed by atoms with Crippen LogP contribution in [-0.2, 0) is 12.7 Å². The first-order valence-electron chi connectivity index (χ1n) is 5.68.